The maximum atomic E-state index is 8.96. The van der Waals surface area contributed by atoms with Gasteiger partial charge in [0.05, 0.1) is 4.48 Å². The van der Waals surface area contributed by atoms with E-state index in [9.17, 15) is 0 Å². The number of aliphatic hydroxyl groups is 1. The quantitative estimate of drug-likeness (QED) is 0.523. The molecule has 0 aliphatic rings. The number of rotatable bonds is 2. The van der Waals surface area contributed by atoms with Crippen molar-refractivity contribution in [2.45, 2.75) is 6.92 Å². The highest BCUT2D eigenvalue weighted by atomic mass is 79.9. The molecule has 9 heavy (non-hydrogen) atoms. The number of halogens is 1. The van der Waals surface area contributed by atoms with Gasteiger partial charge in [0.1, 0.15) is 5.76 Å². The second kappa shape index (κ2) is 4.39. The predicted octanol–water partition coefficient (Wildman–Crippen LogP) is 2.91. The van der Waals surface area contributed by atoms with Gasteiger partial charge in [0.25, 0.3) is 0 Å². The summed E-state index contributed by atoms with van der Waals surface area (Å²) in [5.74, 6) is 0.231. The SMILES string of the molecule is C=C/C=C(Br)\C(O)=C/C. The van der Waals surface area contributed by atoms with Gasteiger partial charge in [-0.2, -0.15) is 0 Å². The molecule has 0 bridgehead atoms. The molecule has 1 nitrogen and oxygen atoms in total. The van der Waals surface area contributed by atoms with Crippen LogP contribution in [-0.4, -0.2) is 5.11 Å². The van der Waals surface area contributed by atoms with Gasteiger partial charge in [0.2, 0.25) is 0 Å². The van der Waals surface area contributed by atoms with E-state index < -0.39 is 0 Å². The topological polar surface area (TPSA) is 20.2 Å². The van der Waals surface area contributed by atoms with Crippen LogP contribution in [0.2, 0.25) is 0 Å². The van der Waals surface area contributed by atoms with Crippen molar-refractivity contribution in [3.05, 3.63) is 35.0 Å². The van der Waals surface area contributed by atoms with Crippen LogP contribution in [0.25, 0.3) is 0 Å². The molecule has 0 aromatic carbocycles. The average molecular weight is 189 g/mol. The lowest BCUT2D eigenvalue weighted by atomic mass is 10.4. The van der Waals surface area contributed by atoms with Crippen molar-refractivity contribution in [2.24, 2.45) is 0 Å². The molecule has 0 atom stereocenters. The first-order valence-corrected chi connectivity index (χ1v) is 3.35. The number of hydrogen-bond donors (Lipinski definition) is 1. The number of hydrogen-bond acceptors (Lipinski definition) is 1. The minimum absolute atomic E-state index is 0.231. The van der Waals surface area contributed by atoms with E-state index in [1.165, 1.54) is 0 Å². The zero-order valence-corrected chi connectivity index (χ0v) is 6.85. The Morgan fingerprint density at radius 2 is 2.22 bits per heavy atom. The van der Waals surface area contributed by atoms with Crippen LogP contribution < -0.4 is 0 Å². The van der Waals surface area contributed by atoms with Crippen molar-refractivity contribution >= 4 is 15.9 Å². The molecule has 0 unspecified atom stereocenters. The van der Waals surface area contributed by atoms with Crippen molar-refractivity contribution in [3.8, 4) is 0 Å². The minimum atomic E-state index is 0.231. The highest BCUT2D eigenvalue weighted by molar-refractivity contribution is 9.11. The van der Waals surface area contributed by atoms with E-state index in [4.69, 9.17) is 5.11 Å². The molecule has 0 rings (SSSR count). The standard InChI is InChI=1S/C7H9BrO/c1-3-5-6(8)7(9)4-2/h3-5,9H,1H2,2H3/b6-5+,7-4+. The van der Waals surface area contributed by atoms with Crippen LogP contribution in [0, 0.1) is 0 Å². The molecule has 0 amide bonds. The van der Waals surface area contributed by atoms with E-state index in [1.807, 2.05) is 0 Å². The highest BCUT2D eigenvalue weighted by Gasteiger charge is 1.91. The third-order valence-electron chi connectivity index (χ3n) is 0.782. The average Bonchev–Trinajstić information content (AvgIpc) is 1.87. The summed E-state index contributed by atoms with van der Waals surface area (Å²) in [6.07, 6.45) is 4.88. The second-order valence-corrected chi connectivity index (χ2v) is 2.28. The van der Waals surface area contributed by atoms with Crippen molar-refractivity contribution < 1.29 is 5.11 Å². The Labute approximate surface area is 63.5 Å². The number of allylic oxidation sites excluding steroid dienone is 4. The molecule has 0 saturated heterocycles. The maximum absolute atomic E-state index is 8.96. The number of aliphatic hydroxyl groups excluding tert-OH is 1. The lowest BCUT2D eigenvalue weighted by Gasteiger charge is -1.92. The van der Waals surface area contributed by atoms with E-state index in [0.717, 1.165) is 0 Å². The summed E-state index contributed by atoms with van der Waals surface area (Å²) >= 11 is 3.14. The van der Waals surface area contributed by atoms with Gasteiger partial charge >= 0.3 is 0 Å². The Balaban J connectivity index is 4.19. The first kappa shape index (κ1) is 8.50. The summed E-state index contributed by atoms with van der Waals surface area (Å²) < 4.78 is 0.653. The summed E-state index contributed by atoms with van der Waals surface area (Å²) in [5, 5.41) is 8.96. The van der Waals surface area contributed by atoms with Gasteiger partial charge in [-0.25, -0.2) is 0 Å². The molecule has 0 heterocycles. The molecule has 0 spiro atoms. The van der Waals surface area contributed by atoms with E-state index >= 15 is 0 Å². The molecule has 1 N–H and O–H groups in total. The zero-order chi connectivity index (χ0) is 7.28. The predicted molar refractivity (Wildman–Crippen MR) is 43.6 cm³/mol. The van der Waals surface area contributed by atoms with Gasteiger partial charge in [-0.15, -0.1) is 0 Å². The van der Waals surface area contributed by atoms with Gasteiger partial charge in [-0.1, -0.05) is 12.7 Å². The normalized spacial score (nSPS) is 13.6. The van der Waals surface area contributed by atoms with Crippen LogP contribution in [0.4, 0.5) is 0 Å². The molecule has 2 heteroatoms. The molecular formula is C7H9BrO. The summed E-state index contributed by atoms with van der Waals surface area (Å²) in [7, 11) is 0. The molecule has 0 aromatic rings. The molecule has 0 aliphatic heterocycles. The Morgan fingerprint density at radius 1 is 1.67 bits per heavy atom. The fraction of sp³-hybridized carbons (Fsp3) is 0.143. The van der Waals surface area contributed by atoms with Crippen molar-refractivity contribution in [1.82, 2.24) is 0 Å². The van der Waals surface area contributed by atoms with E-state index in [-0.39, 0.29) is 5.76 Å². The van der Waals surface area contributed by atoms with Gasteiger partial charge in [-0.05, 0) is 35.0 Å². The largest absolute Gasteiger partial charge is 0.507 e. The van der Waals surface area contributed by atoms with Crippen LogP contribution in [0.1, 0.15) is 6.92 Å². The lowest BCUT2D eigenvalue weighted by Crippen LogP contribution is -1.76. The molecule has 0 saturated carbocycles. The Hall–Kier alpha value is -0.500. The van der Waals surface area contributed by atoms with Crippen LogP contribution >= 0.6 is 15.9 Å². The third kappa shape index (κ3) is 3.14. The molecule has 50 valence electrons. The van der Waals surface area contributed by atoms with Crippen molar-refractivity contribution in [2.75, 3.05) is 0 Å². The molecule has 0 fully saturated rings. The minimum Gasteiger partial charge on any atom is -0.507 e. The van der Waals surface area contributed by atoms with Crippen LogP contribution in [-0.2, 0) is 0 Å². The molecule has 0 radical (unpaired) electrons. The van der Waals surface area contributed by atoms with Crippen LogP contribution in [0.3, 0.4) is 0 Å². The molecular weight excluding hydrogens is 180 g/mol. The Bertz CT molecular complexity index is 156. The van der Waals surface area contributed by atoms with Crippen LogP contribution in [0.5, 0.6) is 0 Å². The fourth-order valence-electron chi connectivity index (χ4n) is 0.327. The summed E-state index contributed by atoms with van der Waals surface area (Å²) in [6, 6.07) is 0. The van der Waals surface area contributed by atoms with E-state index in [1.54, 1.807) is 25.2 Å². The molecule has 0 aliphatic carbocycles. The zero-order valence-electron chi connectivity index (χ0n) is 5.26. The second-order valence-electron chi connectivity index (χ2n) is 1.42. The third-order valence-corrected chi connectivity index (χ3v) is 1.45. The lowest BCUT2D eigenvalue weighted by molar-refractivity contribution is 0.429. The Morgan fingerprint density at radius 3 is 2.56 bits per heavy atom. The Kier molecular flexibility index (Phi) is 4.14. The van der Waals surface area contributed by atoms with Crippen LogP contribution in [0.15, 0.2) is 35.0 Å². The maximum Gasteiger partial charge on any atom is 0.125 e. The smallest absolute Gasteiger partial charge is 0.125 e. The van der Waals surface area contributed by atoms with Gasteiger partial charge in [0, 0.05) is 0 Å². The fourth-order valence-corrected chi connectivity index (χ4v) is 0.743. The monoisotopic (exact) mass is 188 g/mol. The van der Waals surface area contributed by atoms with Gasteiger partial charge in [-0.3, -0.25) is 0 Å². The summed E-state index contributed by atoms with van der Waals surface area (Å²) in [6.45, 7) is 5.23. The first-order chi connectivity index (χ1) is 4.22. The summed E-state index contributed by atoms with van der Waals surface area (Å²) in [5.41, 5.74) is 0. The summed E-state index contributed by atoms with van der Waals surface area (Å²) in [4.78, 5) is 0. The van der Waals surface area contributed by atoms with Gasteiger partial charge < -0.3 is 5.11 Å². The van der Waals surface area contributed by atoms with E-state index in [0.29, 0.717) is 4.48 Å². The van der Waals surface area contributed by atoms with Gasteiger partial charge in [0.15, 0.2) is 0 Å². The van der Waals surface area contributed by atoms with Crippen molar-refractivity contribution in [3.63, 3.8) is 0 Å². The first-order valence-electron chi connectivity index (χ1n) is 2.56. The van der Waals surface area contributed by atoms with E-state index in [2.05, 4.69) is 22.5 Å². The van der Waals surface area contributed by atoms with Crippen molar-refractivity contribution in [1.29, 1.82) is 0 Å². The molecule has 0 aromatic heterocycles. The highest BCUT2D eigenvalue weighted by Crippen LogP contribution is 2.13.